The highest BCUT2D eigenvalue weighted by molar-refractivity contribution is 7.92. The van der Waals surface area contributed by atoms with Gasteiger partial charge in [-0.25, -0.2) is 8.42 Å². The van der Waals surface area contributed by atoms with Crippen LogP contribution in [0.1, 0.15) is 31.9 Å². The summed E-state index contributed by atoms with van der Waals surface area (Å²) in [5, 5.41) is 3.72. The zero-order valence-electron chi connectivity index (χ0n) is 22.3. The van der Waals surface area contributed by atoms with Gasteiger partial charge in [0.1, 0.15) is 12.6 Å². The number of halogens is 4. The van der Waals surface area contributed by atoms with Crippen LogP contribution in [0.4, 0.5) is 5.69 Å². The lowest BCUT2D eigenvalue weighted by atomic mass is 10.1. The zero-order chi connectivity index (χ0) is 29.8. The molecule has 3 aromatic carbocycles. The first-order valence-electron chi connectivity index (χ1n) is 12.3. The average molecular weight is 645 g/mol. The van der Waals surface area contributed by atoms with Gasteiger partial charge in [0.05, 0.1) is 25.7 Å². The predicted molar refractivity (Wildman–Crippen MR) is 162 cm³/mol. The zero-order valence-corrected chi connectivity index (χ0v) is 26.1. The van der Waals surface area contributed by atoms with E-state index < -0.39 is 34.4 Å². The molecule has 1 atom stereocenters. The number of hydrogen-bond donors (Lipinski definition) is 1. The monoisotopic (exact) mass is 643 g/mol. The van der Waals surface area contributed by atoms with Gasteiger partial charge in [-0.15, -0.1) is 0 Å². The first-order chi connectivity index (χ1) is 18.7. The standard InChI is InChI=1S/C28H29Cl4N3O4S/c1-17(2)33-28(37)19(4)34(15-20-7-11-23(30)25(32)13-20)27(36)16-35(26-14-21(29)8-12-24(26)31)40(38,39)22-9-5-18(3)6-10-22/h5-14,17,19H,15-16H2,1-4H3,(H,33,37). The number of benzene rings is 3. The van der Waals surface area contributed by atoms with Crippen molar-refractivity contribution >= 4 is 73.9 Å². The number of carbonyl (C=O) groups is 2. The molecular weight excluding hydrogens is 616 g/mol. The maximum Gasteiger partial charge on any atom is 0.264 e. The number of nitrogens with one attached hydrogen (secondary N) is 1. The Morgan fingerprint density at radius 2 is 1.48 bits per heavy atom. The molecule has 0 aliphatic heterocycles. The molecule has 0 spiro atoms. The van der Waals surface area contributed by atoms with E-state index in [1.807, 2.05) is 6.92 Å². The molecule has 2 amide bonds. The van der Waals surface area contributed by atoms with Crippen LogP contribution in [0.25, 0.3) is 0 Å². The SMILES string of the molecule is Cc1ccc(S(=O)(=O)N(CC(=O)N(Cc2ccc(Cl)c(Cl)c2)C(C)C(=O)NC(C)C)c2cc(Cl)ccc2Cl)cc1. The molecule has 0 fully saturated rings. The molecule has 214 valence electrons. The molecule has 3 aromatic rings. The van der Waals surface area contributed by atoms with E-state index in [9.17, 15) is 18.0 Å². The fraction of sp³-hybridized carbons (Fsp3) is 0.286. The van der Waals surface area contributed by atoms with Crippen LogP contribution in [0.2, 0.25) is 20.1 Å². The molecule has 40 heavy (non-hydrogen) atoms. The van der Waals surface area contributed by atoms with Gasteiger partial charge in [-0.1, -0.05) is 70.2 Å². The van der Waals surface area contributed by atoms with Gasteiger partial charge >= 0.3 is 0 Å². The van der Waals surface area contributed by atoms with Gasteiger partial charge in [-0.3, -0.25) is 13.9 Å². The van der Waals surface area contributed by atoms with Crippen LogP contribution in [0.15, 0.2) is 65.6 Å². The molecule has 0 bridgehead atoms. The maximum atomic E-state index is 13.9. The van der Waals surface area contributed by atoms with Gasteiger partial charge in [0.2, 0.25) is 11.8 Å². The third kappa shape index (κ3) is 7.83. The van der Waals surface area contributed by atoms with E-state index in [1.165, 1.54) is 35.2 Å². The lowest BCUT2D eigenvalue weighted by Crippen LogP contribution is -2.52. The molecule has 1 unspecified atom stereocenters. The van der Waals surface area contributed by atoms with Crippen LogP contribution < -0.4 is 9.62 Å². The molecule has 1 N–H and O–H groups in total. The predicted octanol–water partition coefficient (Wildman–Crippen LogP) is 6.75. The van der Waals surface area contributed by atoms with Crippen molar-refractivity contribution < 1.29 is 18.0 Å². The second-order valence-electron chi connectivity index (χ2n) is 9.53. The quantitative estimate of drug-likeness (QED) is 0.265. The minimum Gasteiger partial charge on any atom is -0.352 e. The van der Waals surface area contributed by atoms with Crippen molar-refractivity contribution in [2.24, 2.45) is 0 Å². The number of sulfonamides is 1. The Morgan fingerprint density at radius 1 is 0.850 bits per heavy atom. The van der Waals surface area contributed by atoms with Crippen molar-refractivity contribution in [1.29, 1.82) is 0 Å². The summed E-state index contributed by atoms with van der Waals surface area (Å²) >= 11 is 24.9. The number of hydrogen-bond acceptors (Lipinski definition) is 4. The van der Waals surface area contributed by atoms with Gasteiger partial charge in [0.15, 0.2) is 0 Å². The average Bonchev–Trinajstić information content (AvgIpc) is 2.88. The Morgan fingerprint density at radius 3 is 2.08 bits per heavy atom. The topological polar surface area (TPSA) is 86.8 Å². The number of carbonyl (C=O) groups excluding carboxylic acids is 2. The van der Waals surface area contributed by atoms with Crippen LogP contribution in [-0.4, -0.2) is 43.8 Å². The van der Waals surface area contributed by atoms with Crippen molar-refractivity contribution in [3.8, 4) is 0 Å². The molecule has 0 saturated heterocycles. The minimum atomic E-state index is -4.29. The van der Waals surface area contributed by atoms with Crippen molar-refractivity contribution in [2.75, 3.05) is 10.8 Å². The Balaban J connectivity index is 2.09. The first-order valence-corrected chi connectivity index (χ1v) is 15.2. The number of aryl methyl sites for hydroxylation is 1. The lowest BCUT2D eigenvalue weighted by molar-refractivity contribution is -0.139. The third-order valence-corrected chi connectivity index (χ3v) is 9.07. The highest BCUT2D eigenvalue weighted by Crippen LogP contribution is 2.33. The van der Waals surface area contributed by atoms with Gasteiger partial charge < -0.3 is 10.2 Å². The molecule has 0 aliphatic rings. The molecule has 0 saturated carbocycles. The smallest absolute Gasteiger partial charge is 0.264 e. The van der Waals surface area contributed by atoms with E-state index in [0.717, 1.165) is 9.87 Å². The summed E-state index contributed by atoms with van der Waals surface area (Å²) < 4.78 is 28.7. The molecular formula is C28H29Cl4N3O4S. The van der Waals surface area contributed by atoms with Crippen molar-refractivity contribution in [1.82, 2.24) is 10.2 Å². The largest absolute Gasteiger partial charge is 0.352 e. The van der Waals surface area contributed by atoms with E-state index in [2.05, 4.69) is 5.32 Å². The summed E-state index contributed by atoms with van der Waals surface area (Å²) in [5.41, 5.74) is 1.48. The van der Waals surface area contributed by atoms with Crippen LogP contribution in [0.3, 0.4) is 0 Å². The number of rotatable bonds is 10. The fourth-order valence-electron chi connectivity index (χ4n) is 3.85. The number of nitrogens with zero attached hydrogens (tertiary/aromatic N) is 2. The Hall–Kier alpha value is -2.49. The molecule has 7 nitrogen and oxygen atoms in total. The lowest BCUT2D eigenvalue weighted by Gasteiger charge is -2.32. The van der Waals surface area contributed by atoms with E-state index in [1.54, 1.807) is 51.1 Å². The van der Waals surface area contributed by atoms with Crippen molar-refractivity contribution in [3.63, 3.8) is 0 Å². The van der Waals surface area contributed by atoms with E-state index in [-0.39, 0.29) is 38.2 Å². The summed E-state index contributed by atoms with van der Waals surface area (Å²) in [7, 11) is -4.29. The van der Waals surface area contributed by atoms with E-state index in [4.69, 9.17) is 46.4 Å². The van der Waals surface area contributed by atoms with Gasteiger partial charge in [0, 0.05) is 17.6 Å². The molecule has 3 rings (SSSR count). The third-order valence-electron chi connectivity index (χ3n) is 6.00. The summed E-state index contributed by atoms with van der Waals surface area (Å²) in [6, 6.07) is 14.3. The van der Waals surface area contributed by atoms with E-state index in [0.29, 0.717) is 10.6 Å². The summed E-state index contributed by atoms with van der Waals surface area (Å²) in [6.45, 7) is 6.30. The Kier molecular flexibility index (Phi) is 10.8. The second kappa shape index (κ2) is 13.4. The maximum absolute atomic E-state index is 13.9. The highest BCUT2D eigenvalue weighted by atomic mass is 35.5. The fourth-order valence-corrected chi connectivity index (χ4v) is 6.03. The second-order valence-corrected chi connectivity index (χ2v) is 13.1. The summed E-state index contributed by atoms with van der Waals surface area (Å²) in [5.74, 6) is -1.05. The van der Waals surface area contributed by atoms with E-state index >= 15 is 0 Å². The minimum absolute atomic E-state index is 0.0249. The van der Waals surface area contributed by atoms with Crippen LogP contribution >= 0.6 is 46.4 Å². The van der Waals surface area contributed by atoms with Crippen LogP contribution in [-0.2, 0) is 26.2 Å². The number of amides is 2. The molecule has 0 aliphatic carbocycles. The van der Waals surface area contributed by atoms with Gasteiger partial charge in [-0.05, 0) is 75.7 Å². The summed E-state index contributed by atoms with van der Waals surface area (Å²) in [6.07, 6.45) is 0. The molecule has 0 radical (unpaired) electrons. The Bertz CT molecular complexity index is 1500. The van der Waals surface area contributed by atoms with Crippen LogP contribution in [0, 0.1) is 6.92 Å². The van der Waals surface area contributed by atoms with Gasteiger partial charge in [-0.2, -0.15) is 0 Å². The van der Waals surface area contributed by atoms with Crippen molar-refractivity contribution in [3.05, 3.63) is 91.9 Å². The Labute approximate surface area is 255 Å². The molecule has 12 heteroatoms. The number of anilines is 1. The molecule has 0 heterocycles. The summed E-state index contributed by atoms with van der Waals surface area (Å²) in [4.78, 5) is 28.2. The van der Waals surface area contributed by atoms with Crippen LogP contribution in [0.5, 0.6) is 0 Å². The first kappa shape index (κ1) is 32.0. The molecule has 0 aromatic heterocycles. The van der Waals surface area contributed by atoms with Gasteiger partial charge in [0.25, 0.3) is 10.0 Å². The van der Waals surface area contributed by atoms with Crippen molar-refractivity contribution in [2.45, 2.75) is 51.2 Å². The normalized spacial score (nSPS) is 12.2. The highest BCUT2D eigenvalue weighted by Gasteiger charge is 2.33.